The maximum absolute atomic E-state index is 14.2. The van der Waals surface area contributed by atoms with Gasteiger partial charge in [0.1, 0.15) is 34.1 Å². The van der Waals surface area contributed by atoms with Crippen LogP contribution in [0.1, 0.15) is 94.3 Å². The van der Waals surface area contributed by atoms with E-state index < -0.39 is 63.1 Å². The minimum atomic E-state index is -4.56. The normalized spacial score (nSPS) is 17.9. The van der Waals surface area contributed by atoms with Crippen LogP contribution >= 0.6 is 23.2 Å². The lowest BCUT2D eigenvalue weighted by atomic mass is 9.82. The number of carbonyl (C=O) groups is 2. The molecule has 0 bridgehead atoms. The minimum absolute atomic E-state index is 0.0316. The number of hydrogen-bond acceptors (Lipinski definition) is 8. The van der Waals surface area contributed by atoms with E-state index in [1.54, 1.807) is 9.80 Å². The van der Waals surface area contributed by atoms with E-state index in [2.05, 4.69) is 9.97 Å². The van der Waals surface area contributed by atoms with E-state index in [0.29, 0.717) is 35.8 Å². The smallest absolute Gasteiger partial charge is 0.419 e. The Bertz CT molecular complexity index is 2400. The standard InChI is InChI=1S/2C21H19ClF4N2O3/c1-20(8-28(9-20)18-5-15(22)14(7-27-18)21(24,25)26)10-31-17-6-16(23)13(19(29)30)4-12(17)11-2-3-11;1-20(8-28(9-20)16-6-18(22)27-7-14(16)21(24,25)26)10-31-17-5-15(23)13(19(29)30)4-12(17)11-2-3-11/h2*4-7,11H,2-3,8-10H2,1H3,(H,29,30). The van der Waals surface area contributed by atoms with Gasteiger partial charge in [0.2, 0.25) is 0 Å². The Morgan fingerprint density at radius 2 is 1.13 bits per heavy atom. The Labute approximate surface area is 359 Å². The van der Waals surface area contributed by atoms with Gasteiger partial charge >= 0.3 is 24.3 Å². The van der Waals surface area contributed by atoms with E-state index >= 15 is 0 Å². The molecule has 4 fully saturated rings. The van der Waals surface area contributed by atoms with Crippen LogP contribution in [0, 0.1) is 22.5 Å². The first-order valence-corrected chi connectivity index (χ1v) is 20.0. The molecule has 10 nitrogen and oxygen atoms in total. The van der Waals surface area contributed by atoms with E-state index in [-0.39, 0.29) is 65.7 Å². The third kappa shape index (κ3) is 9.90. The zero-order chi connectivity index (χ0) is 45.1. The molecule has 0 amide bonds. The highest BCUT2D eigenvalue weighted by Crippen LogP contribution is 2.48. The molecule has 2 aromatic heterocycles. The number of halogens is 10. The molecule has 62 heavy (non-hydrogen) atoms. The molecule has 0 spiro atoms. The molecule has 0 radical (unpaired) electrons. The lowest BCUT2D eigenvalue weighted by molar-refractivity contribution is -0.138. The van der Waals surface area contributed by atoms with E-state index in [0.717, 1.165) is 50.2 Å². The van der Waals surface area contributed by atoms with Crippen molar-refractivity contribution in [1.29, 1.82) is 0 Å². The van der Waals surface area contributed by atoms with Crippen LogP contribution in [0.2, 0.25) is 10.2 Å². The molecule has 4 aliphatic rings. The second kappa shape index (κ2) is 16.5. The Morgan fingerprint density at radius 1 is 0.694 bits per heavy atom. The average molecular weight is 918 g/mol. The van der Waals surface area contributed by atoms with E-state index in [4.69, 9.17) is 42.9 Å². The van der Waals surface area contributed by atoms with Gasteiger partial charge in [0.15, 0.2) is 0 Å². The largest absolute Gasteiger partial charge is 0.492 e. The summed E-state index contributed by atoms with van der Waals surface area (Å²) in [6.07, 6.45) is -4.15. The molecular weight excluding hydrogens is 879 g/mol. The fourth-order valence-electron chi connectivity index (χ4n) is 7.62. The summed E-state index contributed by atoms with van der Waals surface area (Å²) in [5, 5.41) is 17.8. The molecule has 0 unspecified atom stereocenters. The summed E-state index contributed by atoms with van der Waals surface area (Å²) in [5.74, 6) is -3.15. The number of aromatic nitrogens is 2. The Morgan fingerprint density at radius 3 is 1.53 bits per heavy atom. The van der Waals surface area contributed by atoms with Crippen molar-refractivity contribution >= 4 is 46.6 Å². The van der Waals surface area contributed by atoms with Gasteiger partial charge in [0.25, 0.3) is 0 Å². The Kier molecular flexibility index (Phi) is 12.0. The zero-order valence-electron chi connectivity index (χ0n) is 32.9. The summed E-state index contributed by atoms with van der Waals surface area (Å²) in [6, 6.07) is 7.24. The monoisotopic (exact) mass is 916 g/mol. The summed E-state index contributed by atoms with van der Waals surface area (Å²) in [6.45, 7) is 5.69. The van der Waals surface area contributed by atoms with Crippen LogP contribution in [-0.2, 0) is 12.4 Å². The van der Waals surface area contributed by atoms with Crippen LogP contribution in [0.5, 0.6) is 11.5 Å². The van der Waals surface area contributed by atoms with Crippen LogP contribution in [0.25, 0.3) is 0 Å². The quantitative estimate of drug-likeness (QED) is 0.105. The summed E-state index contributed by atoms with van der Waals surface area (Å²) < 4.78 is 118. The van der Waals surface area contributed by atoms with Crippen molar-refractivity contribution in [2.75, 3.05) is 49.2 Å². The third-order valence-corrected chi connectivity index (χ3v) is 11.6. The number of aromatic carboxylic acids is 2. The zero-order valence-corrected chi connectivity index (χ0v) is 34.5. The molecular formula is C42H38Cl2F8N4O6. The predicted octanol–water partition coefficient (Wildman–Crippen LogP) is 10.7. The van der Waals surface area contributed by atoms with Crippen molar-refractivity contribution in [2.45, 2.75) is 63.7 Å². The molecule has 4 heterocycles. The lowest BCUT2D eigenvalue weighted by Gasteiger charge is -2.49. The van der Waals surface area contributed by atoms with Crippen LogP contribution in [-0.4, -0.2) is 71.5 Å². The predicted molar refractivity (Wildman–Crippen MR) is 211 cm³/mol. The fraction of sp³-hybridized carbons (Fsp3) is 0.429. The topological polar surface area (TPSA) is 125 Å². The number of carboxylic acid groups (broad SMARTS) is 2. The molecule has 20 heteroatoms. The number of benzene rings is 2. The van der Waals surface area contributed by atoms with Gasteiger partial charge in [0.05, 0.1) is 46.2 Å². The van der Waals surface area contributed by atoms with Crippen LogP contribution in [0.3, 0.4) is 0 Å². The van der Waals surface area contributed by atoms with Gasteiger partial charge in [-0.1, -0.05) is 37.0 Å². The average Bonchev–Trinajstić information content (AvgIpc) is 4.08. The molecule has 2 saturated heterocycles. The van der Waals surface area contributed by atoms with Crippen LogP contribution in [0.4, 0.5) is 46.6 Å². The molecule has 2 aliphatic carbocycles. The van der Waals surface area contributed by atoms with Crippen molar-refractivity contribution in [1.82, 2.24) is 9.97 Å². The van der Waals surface area contributed by atoms with Gasteiger partial charge < -0.3 is 29.5 Å². The van der Waals surface area contributed by atoms with E-state index in [1.165, 1.54) is 24.3 Å². The second-order valence-electron chi connectivity index (χ2n) is 16.9. The molecule has 8 rings (SSSR count). The van der Waals surface area contributed by atoms with Gasteiger partial charge in [-0.05, 0) is 72.9 Å². The van der Waals surface area contributed by atoms with Crippen molar-refractivity contribution in [3.8, 4) is 11.5 Å². The highest BCUT2D eigenvalue weighted by Gasteiger charge is 2.45. The molecule has 2 aromatic carbocycles. The van der Waals surface area contributed by atoms with Gasteiger partial charge in [-0.25, -0.2) is 28.3 Å². The summed E-state index contributed by atoms with van der Waals surface area (Å²) in [7, 11) is 0. The molecule has 332 valence electrons. The highest BCUT2D eigenvalue weighted by molar-refractivity contribution is 6.31. The third-order valence-electron chi connectivity index (χ3n) is 11.1. The van der Waals surface area contributed by atoms with Crippen molar-refractivity contribution in [2.24, 2.45) is 10.8 Å². The maximum atomic E-state index is 14.2. The lowest BCUT2D eigenvalue weighted by Crippen LogP contribution is -2.58. The first kappa shape index (κ1) is 44.9. The molecule has 2 saturated carbocycles. The van der Waals surface area contributed by atoms with Gasteiger partial charge in [-0.2, -0.15) is 26.3 Å². The SMILES string of the molecule is CC1(COc2cc(F)c(C(=O)O)cc2C2CC2)CN(c2cc(Cl)c(C(F)(F)F)cn2)C1.CC1(COc2cc(F)c(C(=O)O)cc2C2CC2)CN(c2cc(Cl)ncc2C(F)(F)F)C1. The van der Waals surface area contributed by atoms with Gasteiger partial charge in [-0.3, -0.25) is 0 Å². The number of hydrogen-bond donors (Lipinski definition) is 2. The van der Waals surface area contributed by atoms with Crippen LogP contribution in [0.15, 0.2) is 48.8 Å². The second-order valence-corrected chi connectivity index (χ2v) is 17.6. The van der Waals surface area contributed by atoms with Crippen molar-refractivity contribution < 1.29 is 64.4 Å². The first-order chi connectivity index (χ1) is 28.9. The number of ether oxygens (including phenoxy) is 2. The van der Waals surface area contributed by atoms with Crippen molar-refractivity contribution in [3.05, 3.63) is 104 Å². The van der Waals surface area contributed by atoms with E-state index in [9.17, 15) is 44.7 Å². The highest BCUT2D eigenvalue weighted by atomic mass is 35.5. The molecule has 4 aromatic rings. The first-order valence-electron chi connectivity index (χ1n) is 19.3. The number of rotatable bonds is 12. The summed E-state index contributed by atoms with van der Waals surface area (Å²) in [4.78, 5) is 33.2. The number of pyridine rings is 2. The van der Waals surface area contributed by atoms with Crippen molar-refractivity contribution in [3.63, 3.8) is 0 Å². The Hall–Kier alpha value is -5.10. The number of nitrogens with zero attached hydrogens (tertiary/aromatic N) is 4. The van der Waals surface area contributed by atoms with Gasteiger partial charge in [0, 0.05) is 61.5 Å². The summed E-state index contributed by atoms with van der Waals surface area (Å²) >= 11 is 11.6. The Balaban J connectivity index is 0.000000186. The molecule has 2 N–H and O–H groups in total. The van der Waals surface area contributed by atoms with Gasteiger partial charge in [-0.15, -0.1) is 0 Å². The fourth-order valence-corrected chi connectivity index (χ4v) is 8.03. The van der Waals surface area contributed by atoms with E-state index in [1.807, 2.05) is 13.8 Å². The van der Waals surface area contributed by atoms with Crippen LogP contribution < -0.4 is 19.3 Å². The number of carboxylic acids is 2. The molecule has 2 aliphatic heterocycles. The summed E-state index contributed by atoms with van der Waals surface area (Å²) in [5.41, 5.74) is -2.12. The minimum Gasteiger partial charge on any atom is -0.492 e. The maximum Gasteiger partial charge on any atom is 0.419 e. The molecule has 0 atom stereocenters. The number of anilines is 2. The number of alkyl halides is 6.